The van der Waals surface area contributed by atoms with Gasteiger partial charge in [-0.25, -0.2) is 17.5 Å². The van der Waals surface area contributed by atoms with Gasteiger partial charge in [0.05, 0.1) is 5.75 Å². The van der Waals surface area contributed by atoms with E-state index in [0.29, 0.717) is 13.0 Å². The van der Waals surface area contributed by atoms with Gasteiger partial charge in [-0.05, 0) is 30.0 Å². The Kier molecular flexibility index (Phi) is 5.08. The Bertz CT molecular complexity index is 442. The highest BCUT2D eigenvalue weighted by Crippen LogP contribution is 2.14. The summed E-state index contributed by atoms with van der Waals surface area (Å²) in [5.74, 6) is -0.113. The fourth-order valence-corrected chi connectivity index (χ4v) is 2.69. The van der Waals surface area contributed by atoms with Crippen LogP contribution in [-0.2, 0) is 10.0 Å². The molecule has 1 N–H and O–H groups in total. The van der Waals surface area contributed by atoms with Crippen LogP contribution in [0.4, 0.5) is 4.39 Å². The van der Waals surface area contributed by atoms with Crippen molar-refractivity contribution in [2.75, 3.05) is 12.3 Å². The van der Waals surface area contributed by atoms with Crippen LogP contribution < -0.4 is 4.72 Å². The summed E-state index contributed by atoms with van der Waals surface area (Å²) < 4.78 is 38.2. The fraction of sp³-hybridized carbons (Fsp3) is 0.500. The maximum Gasteiger partial charge on any atom is 0.211 e. The molecule has 0 aliphatic rings. The van der Waals surface area contributed by atoms with Gasteiger partial charge >= 0.3 is 0 Å². The molecule has 96 valence electrons. The van der Waals surface area contributed by atoms with Crippen LogP contribution in [0.2, 0.25) is 0 Å². The Morgan fingerprint density at radius 1 is 1.29 bits per heavy atom. The standard InChI is InChI=1S/C12H18FNO2S/c1-3-8-17(15,16)14-9-10(2)11-4-6-12(13)7-5-11/h4-7,10,14H,3,8-9H2,1-2H3. The zero-order valence-electron chi connectivity index (χ0n) is 10.1. The molecule has 0 heterocycles. The van der Waals surface area contributed by atoms with Crippen molar-refractivity contribution in [2.45, 2.75) is 26.2 Å². The second-order valence-corrected chi connectivity index (χ2v) is 6.05. The van der Waals surface area contributed by atoms with E-state index in [2.05, 4.69) is 4.72 Å². The number of rotatable bonds is 6. The van der Waals surface area contributed by atoms with Crippen LogP contribution in [0.3, 0.4) is 0 Å². The zero-order chi connectivity index (χ0) is 12.9. The highest BCUT2D eigenvalue weighted by molar-refractivity contribution is 7.89. The van der Waals surface area contributed by atoms with E-state index in [1.54, 1.807) is 12.1 Å². The van der Waals surface area contributed by atoms with E-state index >= 15 is 0 Å². The summed E-state index contributed by atoms with van der Waals surface area (Å²) in [6, 6.07) is 6.11. The van der Waals surface area contributed by atoms with Crippen LogP contribution >= 0.6 is 0 Å². The van der Waals surface area contributed by atoms with Gasteiger partial charge in [0.25, 0.3) is 0 Å². The lowest BCUT2D eigenvalue weighted by Gasteiger charge is -2.13. The molecule has 1 aromatic rings. The lowest BCUT2D eigenvalue weighted by Crippen LogP contribution is -2.29. The Morgan fingerprint density at radius 3 is 2.41 bits per heavy atom. The Balaban J connectivity index is 2.55. The first-order valence-corrected chi connectivity index (χ1v) is 7.32. The van der Waals surface area contributed by atoms with Crippen molar-refractivity contribution >= 4 is 10.0 Å². The predicted octanol–water partition coefficient (Wildman–Crippen LogP) is 2.26. The van der Waals surface area contributed by atoms with Crippen molar-refractivity contribution in [1.82, 2.24) is 4.72 Å². The Labute approximate surface area is 102 Å². The smallest absolute Gasteiger partial charge is 0.211 e. The van der Waals surface area contributed by atoms with Crippen molar-refractivity contribution in [3.63, 3.8) is 0 Å². The minimum Gasteiger partial charge on any atom is -0.215 e. The molecule has 0 fully saturated rings. The predicted molar refractivity (Wildman–Crippen MR) is 66.9 cm³/mol. The lowest BCUT2D eigenvalue weighted by molar-refractivity contribution is 0.573. The normalized spacial score (nSPS) is 13.6. The molecule has 0 aromatic heterocycles. The molecule has 1 aromatic carbocycles. The molecule has 0 aliphatic carbocycles. The monoisotopic (exact) mass is 259 g/mol. The van der Waals surface area contributed by atoms with Crippen LogP contribution in [0, 0.1) is 5.82 Å². The second kappa shape index (κ2) is 6.12. The molecule has 5 heteroatoms. The van der Waals surface area contributed by atoms with E-state index < -0.39 is 10.0 Å². The summed E-state index contributed by atoms with van der Waals surface area (Å²) >= 11 is 0. The van der Waals surface area contributed by atoms with E-state index in [1.165, 1.54) is 12.1 Å². The number of hydrogen-bond donors (Lipinski definition) is 1. The average Bonchev–Trinajstić information content (AvgIpc) is 2.27. The van der Waals surface area contributed by atoms with Crippen LogP contribution in [0.5, 0.6) is 0 Å². The number of hydrogen-bond acceptors (Lipinski definition) is 2. The summed E-state index contributed by atoms with van der Waals surface area (Å²) in [5.41, 5.74) is 0.922. The molecule has 0 radical (unpaired) electrons. The van der Waals surface area contributed by atoms with Crippen molar-refractivity contribution in [3.8, 4) is 0 Å². The van der Waals surface area contributed by atoms with Crippen molar-refractivity contribution in [3.05, 3.63) is 35.6 Å². The molecule has 0 bridgehead atoms. The van der Waals surface area contributed by atoms with E-state index in [1.807, 2.05) is 13.8 Å². The largest absolute Gasteiger partial charge is 0.215 e. The zero-order valence-corrected chi connectivity index (χ0v) is 10.9. The third-order valence-corrected chi connectivity index (χ3v) is 4.07. The molecule has 0 spiro atoms. The van der Waals surface area contributed by atoms with E-state index in [9.17, 15) is 12.8 Å². The molecule has 1 unspecified atom stereocenters. The van der Waals surface area contributed by atoms with Crippen LogP contribution in [0.15, 0.2) is 24.3 Å². The molecule has 0 saturated heterocycles. The fourth-order valence-electron chi connectivity index (χ4n) is 1.50. The molecule has 3 nitrogen and oxygen atoms in total. The number of nitrogens with one attached hydrogen (secondary N) is 1. The van der Waals surface area contributed by atoms with Crippen molar-refractivity contribution in [2.24, 2.45) is 0 Å². The molecule has 0 aliphatic heterocycles. The first-order valence-electron chi connectivity index (χ1n) is 5.67. The van der Waals surface area contributed by atoms with Crippen LogP contribution in [0.25, 0.3) is 0 Å². The molecule has 0 saturated carbocycles. The van der Waals surface area contributed by atoms with Gasteiger partial charge in [-0.3, -0.25) is 0 Å². The summed E-state index contributed by atoms with van der Waals surface area (Å²) in [6.07, 6.45) is 0.597. The second-order valence-electron chi connectivity index (χ2n) is 4.12. The van der Waals surface area contributed by atoms with Gasteiger partial charge in [0.1, 0.15) is 5.82 Å². The molecular formula is C12H18FNO2S. The first-order chi connectivity index (χ1) is 7.94. The minimum absolute atomic E-state index is 0.0298. The Morgan fingerprint density at radius 2 is 1.88 bits per heavy atom. The van der Waals surface area contributed by atoms with E-state index in [-0.39, 0.29) is 17.5 Å². The van der Waals surface area contributed by atoms with Crippen LogP contribution in [0.1, 0.15) is 31.7 Å². The van der Waals surface area contributed by atoms with Gasteiger partial charge in [0, 0.05) is 6.54 Å². The molecule has 17 heavy (non-hydrogen) atoms. The van der Waals surface area contributed by atoms with Gasteiger partial charge in [-0.1, -0.05) is 26.0 Å². The molecule has 0 amide bonds. The number of sulfonamides is 1. The number of benzene rings is 1. The third-order valence-electron chi connectivity index (χ3n) is 2.52. The highest BCUT2D eigenvalue weighted by atomic mass is 32.2. The van der Waals surface area contributed by atoms with Gasteiger partial charge in [0.2, 0.25) is 10.0 Å². The minimum atomic E-state index is -3.17. The van der Waals surface area contributed by atoms with E-state index in [0.717, 1.165) is 5.56 Å². The first kappa shape index (κ1) is 14.1. The summed E-state index contributed by atoms with van der Waals surface area (Å²) in [7, 11) is -3.17. The van der Waals surface area contributed by atoms with Crippen molar-refractivity contribution in [1.29, 1.82) is 0 Å². The van der Waals surface area contributed by atoms with Gasteiger partial charge in [-0.2, -0.15) is 0 Å². The quantitative estimate of drug-likeness (QED) is 0.851. The molecular weight excluding hydrogens is 241 g/mol. The lowest BCUT2D eigenvalue weighted by atomic mass is 10.0. The maximum atomic E-state index is 12.7. The summed E-state index contributed by atoms with van der Waals surface area (Å²) in [4.78, 5) is 0. The maximum absolute atomic E-state index is 12.7. The number of halogens is 1. The Hall–Kier alpha value is -0.940. The topological polar surface area (TPSA) is 46.2 Å². The van der Waals surface area contributed by atoms with Crippen molar-refractivity contribution < 1.29 is 12.8 Å². The van der Waals surface area contributed by atoms with E-state index in [4.69, 9.17) is 0 Å². The van der Waals surface area contributed by atoms with Gasteiger partial charge < -0.3 is 0 Å². The third kappa shape index (κ3) is 4.83. The highest BCUT2D eigenvalue weighted by Gasteiger charge is 2.11. The molecule has 1 rings (SSSR count). The van der Waals surface area contributed by atoms with Gasteiger partial charge in [-0.15, -0.1) is 0 Å². The average molecular weight is 259 g/mol. The molecule has 1 atom stereocenters. The summed E-state index contributed by atoms with van der Waals surface area (Å²) in [6.45, 7) is 4.07. The summed E-state index contributed by atoms with van der Waals surface area (Å²) in [5, 5.41) is 0. The SMILES string of the molecule is CCCS(=O)(=O)NCC(C)c1ccc(F)cc1. The van der Waals surface area contributed by atoms with Crippen LogP contribution in [-0.4, -0.2) is 20.7 Å². The van der Waals surface area contributed by atoms with Gasteiger partial charge in [0.15, 0.2) is 0 Å².